The van der Waals surface area contributed by atoms with Crippen LogP contribution >= 0.6 is 23.2 Å². The Morgan fingerprint density at radius 1 is 1.30 bits per heavy atom. The van der Waals surface area contributed by atoms with Crippen molar-refractivity contribution in [2.45, 2.75) is 18.3 Å². The SMILES string of the molecule is N#Cc1ccc([C@H](NC(=O)C2CNC(=O)O2)c2cnc(C(F)(F)F)c(Cl)c2)cc1Cl. The number of halogens is 5. The van der Waals surface area contributed by atoms with E-state index < -0.39 is 41.0 Å². The molecule has 0 saturated carbocycles. The summed E-state index contributed by atoms with van der Waals surface area (Å²) in [5.41, 5.74) is -0.630. The quantitative estimate of drug-likeness (QED) is 0.728. The number of cyclic esters (lactones) is 1. The van der Waals surface area contributed by atoms with Crippen molar-refractivity contribution in [1.29, 1.82) is 5.26 Å². The molecule has 2 N–H and O–H groups in total. The van der Waals surface area contributed by atoms with Crippen LogP contribution in [0.4, 0.5) is 18.0 Å². The lowest BCUT2D eigenvalue weighted by molar-refractivity contribution is -0.141. The summed E-state index contributed by atoms with van der Waals surface area (Å²) in [6, 6.07) is 6.12. The lowest BCUT2D eigenvalue weighted by Gasteiger charge is -2.22. The van der Waals surface area contributed by atoms with Gasteiger partial charge in [-0.1, -0.05) is 29.3 Å². The molecule has 2 atom stereocenters. The third kappa shape index (κ3) is 4.58. The summed E-state index contributed by atoms with van der Waals surface area (Å²) >= 11 is 11.8. The normalized spacial score (nSPS) is 16.9. The van der Waals surface area contributed by atoms with Crippen LogP contribution in [0.25, 0.3) is 0 Å². The van der Waals surface area contributed by atoms with Gasteiger partial charge in [0.2, 0.25) is 0 Å². The molecule has 2 heterocycles. The standard InChI is InChI=1S/C18H11Cl2F3N4O3/c19-11-3-8(1-2-9(11)5-24)14(27-16(28)13-7-26-17(29)30-13)10-4-12(20)15(25-6-10)18(21,22)23/h1-4,6,13-14H,7H2,(H,26,29)(H,27,28)/t13?,14-/m0/s1. The van der Waals surface area contributed by atoms with Crippen LogP contribution in [0.3, 0.4) is 0 Å². The molecule has 2 aromatic rings. The molecule has 1 aromatic carbocycles. The second-order valence-corrected chi connectivity index (χ2v) is 6.98. The van der Waals surface area contributed by atoms with Crippen molar-refractivity contribution in [3.63, 3.8) is 0 Å². The summed E-state index contributed by atoms with van der Waals surface area (Å²) in [6.45, 7) is -0.0719. The molecule has 1 fully saturated rings. The number of ether oxygens (including phenoxy) is 1. The molecular weight excluding hydrogens is 448 g/mol. The zero-order valence-electron chi connectivity index (χ0n) is 14.8. The van der Waals surface area contributed by atoms with Crippen LogP contribution in [0.2, 0.25) is 10.0 Å². The number of hydrogen-bond donors (Lipinski definition) is 2. The maximum absolute atomic E-state index is 13.0. The average Bonchev–Trinajstić information content (AvgIpc) is 3.11. The number of amides is 2. The summed E-state index contributed by atoms with van der Waals surface area (Å²) in [6.07, 6.45) is -5.74. The van der Waals surface area contributed by atoms with Crippen molar-refractivity contribution < 1.29 is 27.5 Å². The Labute approximate surface area is 177 Å². The van der Waals surface area contributed by atoms with E-state index in [0.717, 1.165) is 12.3 Å². The van der Waals surface area contributed by atoms with Crippen LogP contribution in [0.5, 0.6) is 0 Å². The molecule has 1 saturated heterocycles. The van der Waals surface area contributed by atoms with Crippen molar-refractivity contribution in [1.82, 2.24) is 15.6 Å². The molecule has 0 bridgehead atoms. The second kappa shape index (κ2) is 8.38. The molecule has 1 unspecified atom stereocenters. The average molecular weight is 459 g/mol. The molecule has 7 nitrogen and oxygen atoms in total. The highest BCUT2D eigenvalue weighted by Gasteiger charge is 2.36. The van der Waals surface area contributed by atoms with Crippen LogP contribution in [0.15, 0.2) is 30.5 Å². The van der Waals surface area contributed by atoms with Gasteiger partial charge < -0.3 is 15.4 Å². The Morgan fingerprint density at radius 3 is 2.53 bits per heavy atom. The van der Waals surface area contributed by atoms with Gasteiger partial charge in [0.1, 0.15) is 6.07 Å². The Hall–Kier alpha value is -3.03. The van der Waals surface area contributed by atoms with E-state index >= 15 is 0 Å². The molecule has 156 valence electrons. The van der Waals surface area contributed by atoms with Crippen molar-refractivity contribution in [3.8, 4) is 6.07 Å². The zero-order valence-corrected chi connectivity index (χ0v) is 16.3. The van der Waals surface area contributed by atoms with Gasteiger partial charge in [-0.15, -0.1) is 0 Å². The largest absolute Gasteiger partial charge is 0.434 e. The fourth-order valence-corrected chi connectivity index (χ4v) is 3.26. The minimum Gasteiger partial charge on any atom is -0.434 e. The van der Waals surface area contributed by atoms with Gasteiger partial charge in [-0.2, -0.15) is 18.4 Å². The molecule has 3 rings (SSSR count). The van der Waals surface area contributed by atoms with E-state index in [-0.39, 0.29) is 22.7 Å². The molecule has 1 aromatic heterocycles. The Morgan fingerprint density at radius 2 is 2.00 bits per heavy atom. The Balaban J connectivity index is 2.00. The minimum absolute atomic E-state index is 0.0719. The molecule has 1 aliphatic rings. The number of carbonyl (C=O) groups is 2. The maximum atomic E-state index is 13.0. The molecule has 0 radical (unpaired) electrons. The first kappa shape index (κ1) is 21.7. The van der Waals surface area contributed by atoms with E-state index in [1.807, 2.05) is 6.07 Å². The summed E-state index contributed by atoms with van der Waals surface area (Å²) in [7, 11) is 0. The lowest BCUT2D eigenvalue weighted by atomic mass is 9.98. The third-order valence-corrected chi connectivity index (χ3v) is 4.77. The number of pyridine rings is 1. The monoisotopic (exact) mass is 458 g/mol. The number of nitriles is 1. The number of aromatic nitrogens is 1. The molecule has 2 amide bonds. The van der Waals surface area contributed by atoms with Crippen molar-refractivity contribution in [2.75, 3.05) is 6.54 Å². The van der Waals surface area contributed by atoms with Gasteiger partial charge in [-0.3, -0.25) is 4.79 Å². The van der Waals surface area contributed by atoms with Gasteiger partial charge in [0.05, 0.1) is 28.2 Å². The predicted octanol–water partition coefficient (Wildman–Crippen LogP) is 3.59. The Bertz CT molecular complexity index is 1060. The van der Waals surface area contributed by atoms with Crippen LogP contribution in [-0.2, 0) is 15.7 Å². The minimum atomic E-state index is -4.75. The van der Waals surface area contributed by atoms with E-state index in [0.29, 0.717) is 5.56 Å². The van der Waals surface area contributed by atoms with E-state index in [2.05, 4.69) is 15.6 Å². The van der Waals surface area contributed by atoms with Gasteiger partial charge in [0.15, 0.2) is 11.8 Å². The van der Waals surface area contributed by atoms with E-state index in [4.69, 9.17) is 33.2 Å². The van der Waals surface area contributed by atoms with Gasteiger partial charge in [-0.25, -0.2) is 9.78 Å². The number of nitrogens with one attached hydrogen (secondary N) is 2. The highest BCUT2D eigenvalue weighted by molar-refractivity contribution is 6.32. The van der Waals surface area contributed by atoms with Gasteiger partial charge in [0, 0.05) is 6.20 Å². The number of hydrogen-bond acceptors (Lipinski definition) is 5. The highest BCUT2D eigenvalue weighted by atomic mass is 35.5. The molecule has 1 aliphatic heterocycles. The van der Waals surface area contributed by atoms with Crippen LogP contribution in [-0.4, -0.2) is 29.6 Å². The van der Waals surface area contributed by atoms with Gasteiger partial charge >= 0.3 is 12.3 Å². The van der Waals surface area contributed by atoms with Crippen molar-refractivity contribution in [2.24, 2.45) is 0 Å². The van der Waals surface area contributed by atoms with Crippen LogP contribution < -0.4 is 10.6 Å². The summed E-state index contributed by atoms with van der Waals surface area (Å²) in [5, 5.41) is 13.4. The molecule has 0 spiro atoms. The van der Waals surface area contributed by atoms with Gasteiger partial charge in [-0.05, 0) is 29.3 Å². The summed E-state index contributed by atoms with van der Waals surface area (Å²) < 4.78 is 43.7. The van der Waals surface area contributed by atoms with Crippen molar-refractivity contribution in [3.05, 3.63) is 62.9 Å². The lowest BCUT2D eigenvalue weighted by Crippen LogP contribution is -2.39. The molecule has 30 heavy (non-hydrogen) atoms. The maximum Gasteiger partial charge on any atom is 0.434 e. The second-order valence-electron chi connectivity index (χ2n) is 6.16. The number of carbonyl (C=O) groups excluding carboxylic acids is 2. The van der Waals surface area contributed by atoms with E-state index in [9.17, 15) is 22.8 Å². The first-order valence-electron chi connectivity index (χ1n) is 8.27. The molecular formula is C18H11Cl2F3N4O3. The number of rotatable bonds is 4. The molecule has 12 heteroatoms. The number of benzene rings is 1. The smallest absolute Gasteiger partial charge is 0.434 e. The summed E-state index contributed by atoms with van der Waals surface area (Å²) in [5.74, 6) is -0.699. The van der Waals surface area contributed by atoms with Crippen molar-refractivity contribution >= 4 is 35.2 Å². The third-order valence-electron chi connectivity index (χ3n) is 4.17. The molecule has 0 aliphatic carbocycles. The number of alkyl halides is 3. The van der Waals surface area contributed by atoms with E-state index in [1.54, 1.807) is 0 Å². The highest BCUT2D eigenvalue weighted by Crippen LogP contribution is 2.35. The van der Waals surface area contributed by atoms with Crippen LogP contribution in [0, 0.1) is 11.3 Å². The number of nitrogens with zero attached hydrogens (tertiary/aromatic N) is 2. The number of alkyl carbamates (subject to hydrolysis) is 1. The van der Waals surface area contributed by atoms with E-state index in [1.165, 1.54) is 18.2 Å². The summed E-state index contributed by atoms with van der Waals surface area (Å²) in [4.78, 5) is 27.1. The predicted molar refractivity (Wildman–Crippen MR) is 98.7 cm³/mol. The Kier molecular flexibility index (Phi) is 6.05. The topological polar surface area (TPSA) is 104 Å². The fraction of sp³-hybridized carbons (Fsp3) is 0.222. The van der Waals surface area contributed by atoms with Crippen LogP contribution in [0.1, 0.15) is 28.4 Å². The van der Waals surface area contributed by atoms with Gasteiger partial charge in [0.25, 0.3) is 5.91 Å². The fourth-order valence-electron chi connectivity index (χ4n) is 2.75. The first-order valence-corrected chi connectivity index (χ1v) is 9.02. The zero-order chi connectivity index (χ0) is 22.1. The first-order chi connectivity index (χ1) is 14.1.